The van der Waals surface area contributed by atoms with Gasteiger partial charge in [0.1, 0.15) is 11.6 Å². The Morgan fingerprint density at radius 2 is 2.19 bits per heavy atom. The molecule has 2 amide bonds. The average molecular weight is 366 g/mol. The number of aromatic nitrogens is 2. The molecule has 6 nitrogen and oxygen atoms in total. The van der Waals surface area contributed by atoms with E-state index in [1.807, 2.05) is 18.3 Å². The highest BCUT2D eigenvalue weighted by Crippen LogP contribution is 2.32. The molecule has 0 spiro atoms. The van der Waals surface area contributed by atoms with Crippen LogP contribution < -0.4 is 15.0 Å². The van der Waals surface area contributed by atoms with Gasteiger partial charge in [-0.1, -0.05) is 6.07 Å². The lowest BCUT2D eigenvalue weighted by atomic mass is 10.0. The van der Waals surface area contributed by atoms with Crippen LogP contribution in [-0.2, 0) is 13.0 Å². The van der Waals surface area contributed by atoms with Crippen LogP contribution in [0.1, 0.15) is 11.1 Å². The van der Waals surface area contributed by atoms with Crippen LogP contribution in [0.15, 0.2) is 48.8 Å². The standard InChI is InChI=1S/C20H19FN4O2/c1-27-18-7-13(6-17(21)9-18)10-22-20(26)25-5-4-15-8-14(2-3-19(15)25)16-11-23-24-12-16/h2-3,6-9,11-12H,4-5,10H2,1H3,(H,22,26)(H,23,24). The Labute approximate surface area is 156 Å². The number of amides is 2. The van der Waals surface area contributed by atoms with Crippen molar-refractivity contribution < 1.29 is 13.9 Å². The fraction of sp³-hybridized carbons (Fsp3) is 0.200. The first-order valence-corrected chi connectivity index (χ1v) is 8.65. The van der Waals surface area contributed by atoms with Gasteiger partial charge in [0.05, 0.1) is 13.3 Å². The van der Waals surface area contributed by atoms with Gasteiger partial charge < -0.3 is 10.1 Å². The monoisotopic (exact) mass is 366 g/mol. The first-order valence-electron chi connectivity index (χ1n) is 8.65. The summed E-state index contributed by atoms with van der Waals surface area (Å²) in [6.45, 7) is 0.842. The molecule has 2 heterocycles. The molecule has 27 heavy (non-hydrogen) atoms. The van der Waals surface area contributed by atoms with Crippen molar-refractivity contribution in [3.63, 3.8) is 0 Å². The third-order valence-corrected chi connectivity index (χ3v) is 4.66. The van der Waals surface area contributed by atoms with E-state index in [0.29, 0.717) is 17.9 Å². The lowest BCUT2D eigenvalue weighted by Crippen LogP contribution is -2.38. The van der Waals surface area contributed by atoms with Gasteiger partial charge in [-0.25, -0.2) is 9.18 Å². The number of hydrogen-bond donors (Lipinski definition) is 2. The second kappa shape index (κ2) is 7.11. The second-order valence-electron chi connectivity index (χ2n) is 6.39. The molecule has 0 atom stereocenters. The number of benzene rings is 2. The summed E-state index contributed by atoms with van der Waals surface area (Å²) in [5.74, 6) is 0.0365. The number of ether oxygens (including phenoxy) is 1. The van der Waals surface area contributed by atoms with E-state index in [4.69, 9.17) is 4.74 Å². The lowest BCUT2D eigenvalue weighted by Gasteiger charge is -2.18. The molecule has 0 aliphatic carbocycles. The summed E-state index contributed by atoms with van der Waals surface area (Å²) < 4.78 is 18.6. The molecule has 0 bridgehead atoms. The second-order valence-corrected chi connectivity index (χ2v) is 6.39. The Balaban J connectivity index is 1.46. The predicted molar refractivity (Wildman–Crippen MR) is 100 cm³/mol. The molecule has 1 aromatic heterocycles. The molecule has 3 aromatic rings. The van der Waals surface area contributed by atoms with Crippen LogP contribution in [0.3, 0.4) is 0 Å². The number of methoxy groups -OCH3 is 1. The molecule has 0 saturated heterocycles. The summed E-state index contributed by atoms with van der Waals surface area (Å²) in [5.41, 5.74) is 4.75. The largest absolute Gasteiger partial charge is 0.497 e. The van der Waals surface area contributed by atoms with Gasteiger partial charge in [-0.2, -0.15) is 5.10 Å². The van der Waals surface area contributed by atoms with Gasteiger partial charge in [0.25, 0.3) is 0 Å². The summed E-state index contributed by atoms with van der Waals surface area (Å²) in [7, 11) is 1.48. The Kier molecular flexibility index (Phi) is 4.50. The van der Waals surface area contributed by atoms with Gasteiger partial charge >= 0.3 is 6.03 Å². The molecule has 0 unspecified atom stereocenters. The maximum absolute atomic E-state index is 13.6. The van der Waals surface area contributed by atoms with E-state index in [9.17, 15) is 9.18 Å². The summed E-state index contributed by atoms with van der Waals surface area (Å²) in [6.07, 6.45) is 4.41. The molecule has 0 saturated carbocycles. The Hall–Kier alpha value is -3.35. The van der Waals surface area contributed by atoms with E-state index >= 15 is 0 Å². The third kappa shape index (κ3) is 3.48. The molecular formula is C20H19FN4O2. The number of H-pyrrole nitrogens is 1. The quantitative estimate of drug-likeness (QED) is 0.742. The summed E-state index contributed by atoms with van der Waals surface area (Å²) in [6, 6.07) is 10.2. The van der Waals surface area contributed by atoms with Crippen LogP contribution in [0.2, 0.25) is 0 Å². The van der Waals surface area contributed by atoms with Crippen LogP contribution in [0.5, 0.6) is 5.75 Å². The zero-order chi connectivity index (χ0) is 18.8. The topological polar surface area (TPSA) is 70.2 Å². The van der Waals surface area contributed by atoms with E-state index in [1.54, 1.807) is 17.2 Å². The van der Waals surface area contributed by atoms with Crippen LogP contribution in [0.4, 0.5) is 14.9 Å². The number of halogens is 1. The summed E-state index contributed by atoms with van der Waals surface area (Å²) in [4.78, 5) is 14.3. The molecule has 2 aromatic carbocycles. The zero-order valence-corrected chi connectivity index (χ0v) is 14.8. The van der Waals surface area contributed by atoms with E-state index < -0.39 is 5.82 Å². The molecular weight excluding hydrogens is 347 g/mol. The fourth-order valence-corrected chi connectivity index (χ4v) is 3.31. The highest BCUT2D eigenvalue weighted by molar-refractivity contribution is 5.94. The van der Waals surface area contributed by atoms with Crippen LogP contribution >= 0.6 is 0 Å². The highest BCUT2D eigenvalue weighted by Gasteiger charge is 2.24. The number of carbonyl (C=O) groups excluding carboxylic acids is 1. The number of carbonyl (C=O) groups is 1. The van der Waals surface area contributed by atoms with Crippen molar-refractivity contribution in [1.29, 1.82) is 0 Å². The number of fused-ring (bicyclic) bond motifs is 1. The van der Waals surface area contributed by atoms with E-state index in [2.05, 4.69) is 21.6 Å². The normalized spacial score (nSPS) is 12.7. The lowest BCUT2D eigenvalue weighted by molar-refractivity contribution is 0.246. The number of nitrogens with zero attached hydrogens (tertiary/aromatic N) is 2. The molecule has 4 rings (SSSR count). The first-order chi connectivity index (χ1) is 13.1. The van der Waals surface area contributed by atoms with Crippen molar-refractivity contribution in [2.45, 2.75) is 13.0 Å². The molecule has 0 radical (unpaired) electrons. The summed E-state index contributed by atoms with van der Waals surface area (Å²) >= 11 is 0. The van der Waals surface area contributed by atoms with E-state index in [-0.39, 0.29) is 12.6 Å². The van der Waals surface area contributed by atoms with E-state index in [1.165, 1.54) is 19.2 Å². The van der Waals surface area contributed by atoms with Crippen molar-refractivity contribution in [3.8, 4) is 16.9 Å². The van der Waals surface area contributed by atoms with Gasteiger partial charge in [-0.15, -0.1) is 0 Å². The Bertz CT molecular complexity index is 972. The molecule has 1 aliphatic heterocycles. The van der Waals surface area contributed by atoms with Crippen LogP contribution in [-0.4, -0.2) is 29.9 Å². The van der Waals surface area contributed by atoms with Crippen molar-refractivity contribution in [1.82, 2.24) is 15.5 Å². The number of rotatable bonds is 4. The van der Waals surface area contributed by atoms with Gasteiger partial charge in [0.2, 0.25) is 0 Å². The van der Waals surface area contributed by atoms with E-state index in [0.717, 1.165) is 28.8 Å². The van der Waals surface area contributed by atoms with Crippen molar-refractivity contribution in [2.24, 2.45) is 0 Å². The predicted octanol–water partition coefficient (Wildman–Crippen LogP) is 3.50. The number of aromatic amines is 1. The minimum atomic E-state index is -0.392. The van der Waals surface area contributed by atoms with Crippen molar-refractivity contribution in [2.75, 3.05) is 18.6 Å². The molecule has 1 aliphatic rings. The average Bonchev–Trinajstić information content (AvgIpc) is 3.34. The number of nitrogens with one attached hydrogen (secondary N) is 2. The number of urea groups is 1. The van der Waals surface area contributed by atoms with Crippen molar-refractivity contribution in [3.05, 3.63) is 65.7 Å². The van der Waals surface area contributed by atoms with Gasteiger partial charge in [-0.05, 0) is 47.4 Å². The Morgan fingerprint density at radius 1 is 1.30 bits per heavy atom. The molecule has 7 heteroatoms. The SMILES string of the molecule is COc1cc(F)cc(CNC(=O)N2CCc3cc(-c4cn[nH]c4)ccc32)c1. The van der Waals surface area contributed by atoms with Gasteiger partial charge in [0, 0.05) is 36.6 Å². The Morgan fingerprint density at radius 3 is 2.96 bits per heavy atom. The minimum absolute atomic E-state index is 0.201. The maximum Gasteiger partial charge on any atom is 0.322 e. The molecule has 138 valence electrons. The zero-order valence-electron chi connectivity index (χ0n) is 14.8. The van der Waals surface area contributed by atoms with Gasteiger partial charge in [-0.3, -0.25) is 10.00 Å². The highest BCUT2D eigenvalue weighted by atomic mass is 19.1. The maximum atomic E-state index is 13.6. The number of hydrogen-bond acceptors (Lipinski definition) is 3. The third-order valence-electron chi connectivity index (χ3n) is 4.66. The summed E-state index contributed by atoms with van der Waals surface area (Å²) in [5, 5.41) is 9.63. The number of anilines is 1. The van der Waals surface area contributed by atoms with Crippen LogP contribution in [0.25, 0.3) is 11.1 Å². The van der Waals surface area contributed by atoms with Crippen molar-refractivity contribution >= 4 is 11.7 Å². The smallest absolute Gasteiger partial charge is 0.322 e. The van der Waals surface area contributed by atoms with Crippen LogP contribution in [0, 0.1) is 5.82 Å². The fourth-order valence-electron chi connectivity index (χ4n) is 3.31. The molecule has 0 fully saturated rings. The first kappa shape index (κ1) is 17.1. The molecule has 2 N–H and O–H groups in total. The minimum Gasteiger partial charge on any atom is -0.497 e. The van der Waals surface area contributed by atoms with Gasteiger partial charge in [0.15, 0.2) is 0 Å².